The summed E-state index contributed by atoms with van der Waals surface area (Å²) in [7, 11) is 0. The first-order chi connectivity index (χ1) is 14.8. The molecule has 0 aliphatic heterocycles. The maximum atomic E-state index is 13.5. The molecule has 1 atom stereocenters. The van der Waals surface area contributed by atoms with E-state index in [2.05, 4.69) is 11.6 Å². The topological polar surface area (TPSA) is 69.0 Å². The van der Waals surface area contributed by atoms with Gasteiger partial charge < -0.3 is 0 Å². The molecule has 0 saturated heterocycles. The molecule has 0 bridgehead atoms. The highest BCUT2D eigenvalue weighted by atomic mass is 19.1. The molecule has 1 aliphatic carbocycles. The van der Waals surface area contributed by atoms with Crippen LogP contribution in [0.2, 0.25) is 0 Å². The fourth-order valence-corrected chi connectivity index (χ4v) is 4.28. The summed E-state index contributed by atoms with van der Waals surface area (Å²) in [5, 5.41) is 0.428. The Bertz CT molecular complexity index is 1280. The summed E-state index contributed by atoms with van der Waals surface area (Å²) in [4.78, 5) is 43.2. The number of hydrogen-bond donors (Lipinski definition) is 0. The lowest BCUT2D eigenvalue weighted by Gasteiger charge is -2.26. The van der Waals surface area contributed by atoms with Gasteiger partial charge in [-0.05, 0) is 49.9 Å². The minimum atomic E-state index is -0.545. The molecule has 0 amide bonds. The normalized spacial score (nSPS) is 16.6. The average Bonchev–Trinajstić information content (AvgIpc) is 2.73. The highest BCUT2D eigenvalue weighted by Crippen LogP contribution is 2.28. The number of halogens is 1. The minimum Gasteiger partial charge on any atom is -0.297 e. The maximum Gasteiger partial charge on any atom is 0.262 e. The van der Waals surface area contributed by atoms with Crippen molar-refractivity contribution in [2.24, 2.45) is 0 Å². The zero-order chi connectivity index (χ0) is 22.1. The number of carbonyl (C=O) groups excluding carboxylic acids is 2. The molecular formula is C25H23FN2O3. The van der Waals surface area contributed by atoms with Crippen molar-refractivity contribution in [1.82, 2.24) is 9.55 Å². The molecule has 4 rings (SSSR count). The van der Waals surface area contributed by atoms with Gasteiger partial charge in [-0.3, -0.25) is 19.0 Å². The fourth-order valence-electron chi connectivity index (χ4n) is 4.28. The van der Waals surface area contributed by atoms with Gasteiger partial charge >= 0.3 is 0 Å². The van der Waals surface area contributed by atoms with Gasteiger partial charge in [-0.25, -0.2) is 9.37 Å². The van der Waals surface area contributed by atoms with Crippen LogP contribution in [0.4, 0.5) is 4.39 Å². The predicted octanol–water partition coefficient (Wildman–Crippen LogP) is 4.51. The highest BCUT2D eigenvalue weighted by Gasteiger charge is 2.28. The lowest BCUT2D eigenvalue weighted by atomic mass is 9.90. The molecule has 0 N–H and O–H groups in total. The minimum absolute atomic E-state index is 0.0265. The third-order valence-electron chi connectivity index (χ3n) is 5.84. The molecule has 1 aromatic heterocycles. The molecule has 3 aromatic rings. The van der Waals surface area contributed by atoms with E-state index in [-0.39, 0.29) is 30.0 Å². The predicted molar refractivity (Wildman–Crippen MR) is 117 cm³/mol. The van der Waals surface area contributed by atoms with Gasteiger partial charge in [-0.15, -0.1) is 0 Å². The quantitative estimate of drug-likeness (QED) is 0.452. The molecule has 1 heterocycles. The molecule has 0 radical (unpaired) electrons. The molecule has 5 nitrogen and oxygen atoms in total. The van der Waals surface area contributed by atoms with Gasteiger partial charge in [-0.1, -0.05) is 36.4 Å². The van der Waals surface area contributed by atoms with Crippen LogP contribution < -0.4 is 5.56 Å². The number of ketones is 2. The molecule has 1 unspecified atom stereocenters. The van der Waals surface area contributed by atoms with E-state index in [1.54, 1.807) is 31.2 Å². The second-order valence-corrected chi connectivity index (χ2v) is 8.03. The number of allylic oxidation sites excluding steroid dienone is 1. The molecule has 1 saturated carbocycles. The van der Waals surface area contributed by atoms with Crippen molar-refractivity contribution in [2.45, 2.75) is 45.1 Å². The smallest absolute Gasteiger partial charge is 0.262 e. The number of fused-ring (bicyclic) bond motifs is 1. The zero-order valence-electron chi connectivity index (χ0n) is 17.4. The van der Waals surface area contributed by atoms with E-state index in [1.807, 2.05) is 0 Å². The number of benzene rings is 2. The van der Waals surface area contributed by atoms with Crippen LogP contribution in [0.3, 0.4) is 0 Å². The number of carbonyl (C=O) groups is 2. The van der Waals surface area contributed by atoms with Crippen molar-refractivity contribution < 1.29 is 14.0 Å². The van der Waals surface area contributed by atoms with Crippen molar-refractivity contribution in [3.8, 4) is 0 Å². The monoisotopic (exact) mass is 418 g/mol. The SMILES string of the molecule is C=C1CCC(n2c(C)nc3cccc(CCC(=O)c4cccc(F)c4)c3c2=O)C(=O)C1. The van der Waals surface area contributed by atoms with Crippen LogP contribution in [0.25, 0.3) is 10.9 Å². The van der Waals surface area contributed by atoms with Crippen LogP contribution in [0.1, 0.15) is 53.5 Å². The number of aryl methyl sites for hydroxylation is 2. The molecular weight excluding hydrogens is 395 g/mol. The van der Waals surface area contributed by atoms with Crippen molar-refractivity contribution in [2.75, 3.05) is 0 Å². The van der Waals surface area contributed by atoms with Crippen molar-refractivity contribution in [3.05, 3.63) is 87.7 Å². The van der Waals surface area contributed by atoms with E-state index >= 15 is 0 Å². The highest BCUT2D eigenvalue weighted by molar-refractivity contribution is 5.96. The standard InChI is InChI=1S/C25H23FN2O3/c1-15-9-11-21(23(30)13-15)28-16(2)27-20-8-4-5-17(24(20)25(28)31)10-12-22(29)18-6-3-7-19(26)14-18/h3-8,14,21H,1,9-13H2,2H3. The number of hydrogen-bond acceptors (Lipinski definition) is 4. The van der Waals surface area contributed by atoms with Crippen LogP contribution >= 0.6 is 0 Å². The van der Waals surface area contributed by atoms with Crippen LogP contribution in [0.5, 0.6) is 0 Å². The Morgan fingerprint density at radius 3 is 2.74 bits per heavy atom. The van der Waals surface area contributed by atoms with E-state index < -0.39 is 11.9 Å². The molecule has 0 spiro atoms. The van der Waals surface area contributed by atoms with Gasteiger partial charge in [0, 0.05) is 18.4 Å². The average molecular weight is 418 g/mol. The Morgan fingerprint density at radius 1 is 1.23 bits per heavy atom. The van der Waals surface area contributed by atoms with Gasteiger partial charge in [-0.2, -0.15) is 0 Å². The van der Waals surface area contributed by atoms with Gasteiger partial charge in [0.2, 0.25) is 0 Å². The molecule has 1 aliphatic rings. The summed E-state index contributed by atoms with van der Waals surface area (Å²) in [6.07, 6.45) is 1.97. The Morgan fingerprint density at radius 2 is 2.00 bits per heavy atom. The second-order valence-electron chi connectivity index (χ2n) is 8.03. The fraction of sp³-hybridized carbons (Fsp3) is 0.280. The van der Waals surface area contributed by atoms with E-state index in [0.717, 1.165) is 5.57 Å². The van der Waals surface area contributed by atoms with Gasteiger partial charge in [0.15, 0.2) is 11.6 Å². The zero-order valence-corrected chi connectivity index (χ0v) is 17.4. The Balaban J connectivity index is 1.70. The van der Waals surface area contributed by atoms with E-state index in [1.165, 1.54) is 22.8 Å². The van der Waals surface area contributed by atoms with E-state index in [9.17, 15) is 18.8 Å². The summed E-state index contributed by atoms with van der Waals surface area (Å²) >= 11 is 0. The molecule has 31 heavy (non-hydrogen) atoms. The van der Waals surface area contributed by atoms with Gasteiger partial charge in [0.1, 0.15) is 11.6 Å². The molecule has 1 fully saturated rings. The Kier molecular flexibility index (Phi) is 5.63. The van der Waals surface area contributed by atoms with E-state index in [0.29, 0.717) is 47.1 Å². The van der Waals surface area contributed by atoms with Gasteiger partial charge in [0.25, 0.3) is 5.56 Å². The first-order valence-corrected chi connectivity index (χ1v) is 10.3. The summed E-state index contributed by atoms with van der Waals surface area (Å²) in [5.74, 6) is -0.186. The maximum absolute atomic E-state index is 13.5. The molecule has 2 aromatic carbocycles. The Hall–Kier alpha value is -3.41. The lowest BCUT2D eigenvalue weighted by molar-refractivity contribution is -0.122. The Labute approximate surface area is 179 Å². The summed E-state index contributed by atoms with van der Waals surface area (Å²) in [6, 6.07) is 10.4. The summed E-state index contributed by atoms with van der Waals surface area (Å²) < 4.78 is 14.9. The van der Waals surface area contributed by atoms with Crippen LogP contribution in [-0.4, -0.2) is 21.1 Å². The molecule has 6 heteroatoms. The van der Waals surface area contributed by atoms with Crippen molar-refractivity contribution >= 4 is 22.5 Å². The molecule has 158 valence electrons. The third-order valence-corrected chi connectivity index (χ3v) is 5.84. The largest absolute Gasteiger partial charge is 0.297 e. The van der Waals surface area contributed by atoms with Crippen molar-refractivity contribution in [3.63, 3.8) is 0 Å². The second kappa shape index (κ2) is 8.38. The van der Waals surface area contributed by atoms with Crippen LogP contribution in [0.15, 0.2) is 59.4 Å². The first kappa shape index (κ1) is 20.8. The summed E-state index contributed by atoms with van der Waals surface area (Å²) in [5.41, 5.74) is 2.17. The number of rotatable bonds is 5. The lowest BCUT2D eigenvalue weighted by Crippen LogP contribution is -2.35. The number of aromatic nitrogens is 2. The third kappa shape index (κ3) is 4.10. The van der Waals surface area contributed by atoms with Crippen LogP contribution in [0, 0.1) is 12.7 Å². The van der Waals surface area contributed by atoms with Crippen LogP contribution in [-0.2, 0) is 11.2 Å². The number of Topliss-reactive ketones (excluding diaryl/α,β-unsaturated/α-hetero) is 2. The summed E-state index contributed by atoms with van der Waals surface area (Å²) in [6.45, 7) is 5.63. The number of nitrogens with zero attached hydrogens (tertiary/aromatic N) is 2. The van der Waals surface area contributed by atoms with E-state index in [4.69, 9.17) is 0 Å². The van der Waals surface area contributed by atoms with Gasteiger partial charge in [0.05, 0.1) is 16.9 Å². The first-order valence-electron chi connectivity index (χ1n) is 10.3. The van der Waals surface area contributed by atoms with Crippen molar-refractivity contribution in [1.29, 1.82) is 0 Å².